The summed E-state index contributed by atoms with van der Waals surface area (Å²) in [6, 6.07) is 25.1. The van der Waals surface area contributed by atoms with Gasteiger partial charge in [0.25, 0.3) is 0 Å². The highest BCUT2D eigenvalue weighted by Crippen LogP contribution is 2.44. The van der Waals surface area contributed by atoms with Crippen molar-refractivity contribution < 1.29 is 24.2 Å². The van der Waals surface area contributed by atoms with Crippen LogP contribution in [0.1, 0.15) is 54.7 Å². The maximum Gasteiger partial charge on any atom is 0.407 e. The number of hydrogen-bond donors (Lipinski definition) is 2. The predicted molar refractivity (Wildman–Crippen MR) is 150 cm³/mol. The average molecular weight is 529 g/mol. The van der Waals surface area contributed by atoms with E-state index in [9.17, 15) is 19.5 Å². The fraction of sp³-hybridized carbons (Fsp3) is 0.344. The summed E-state index contributed by atoms with van der Waals surface area (Å²) in [4.78, 5) is 38.4. The van der Waals surface area contributed by atoms with Crippen molar-refractivity contribution in [3.05, 3.63) is 95.6 Å². The number of aliphatic carboxylic acids is 1. The van der Waals surface area contributed by atoms with E-state index in [1.165, 1.54) is 5.56 Å². The molecular formula is C32H36N2O5. The SMILES string of the molecule is CN(CCCC[C@H](NC(=O)OCC1c2ccccc2-c2ccccc21)C(=O)O)C(=O)CCCc1ccccc1. The van der Waals surface area contributed by atoms with Crippen molar-refractivity contribution >= 4 is 18.0 Å². The third-order valence-corrected chi connectivity index (χ3v) is 7.29. The molecule has 0 saturated carbocycles. The lowest BCUT2D eigenvalue weighted by Gasteiger charge is -2.19. The number of carboxylic acids is 1. The number of aryl methyl sites for hydroxylation is 1. The van der Waals surface area contributed by atoms with Crippen LogP contribution in [-0.4, -0.2) is 54.2 Å². The first-order valence-corrected chi connectivity index (χ1v) is 13.6. The maximum atomic E-state index is 12.5. The lowest BCUT2D eigenvalue weighted by atomic mass is 9.98. The largest absolute Gasteiger partial charge is 0.480 e. The van der Waals surface area contributed by atoms with Crippen LogP contribution < -0.4 is 5.32 Å². The molecule has 4 rings (SSSR count). The Bertz CT molecular complexity index is 1230. The first kappa shape index (κ1) is 27.9. The summed E-state index contributed by atoms with van der Waals surface area (Å²) in [7, 11) is 1.77. The minimum Gasteiger partial charge on any atom is -0.480 e. The molecule has 1 atom stereocenters. The predicted octanol–water partition coefficient (Wildman–Crippen LogP) is 5.63. The summed E-state index contributed by atoms with van der Waals surface area (Å²) >= 11 is 0. The molecule has 1 aliphatic carbocycles. The number of fused-ring (bicyclic) bond motifs is 3. The molecule has 204 valence electrons. The van der Waals surface area contributed by atoms with Gasteiger partial charge in [0.1, 0.15) is 12.6 Å². The molecule has 1 aliphatic rings. The highest BCUT2D eigenvalue weighted by atomic mass is 16.5. The molecular weight excluding hydrogens is 492 g/mol. The van der Waals surface area contributed by atoms with Gasteiger partial charge in [0, 0.05) is 25.9 Å². The Labute approximate surface area is 229 Å². The van der Waals surface area contributed by atoms with Gasteiger partial charge < -0.3 is 20.1 Å². The summed E-state index contributed by atoms with van der Waals surface area (Å²) < 4.78 is 5.50. The third-order valence-electron chi connectivity index (χ3n) is 7.29. The van der Waals surface area contributed by atoms with E-state index < -0.39 is 18.1 Å². The first-order chi connectivity index (χ1) is 18.9. The minimum absolute atomic E-state index is 0.0810. The highest BCUT2D eigenvalue weighted by Gasteiger charge is 2.29. The van der Waals surface area contributed by atoms with Crippen molar-refractivity contribution in [2.24, 2.45) is 0 Å². The summed E-state index contributed by atoms with van der Waals surface area (Å²) in [5, 5.41) is 12.1. The summed E-state index contributed by atoms with van der Waals surface area (Å²) in [6.45, 7) is 0.671. The van der Waals surface area contributed by atoms with E-state index in [2.05, 4.69) is 29.6 Å². The number of benzene rings is 3. The van der Waals surface area contributed by atoms with E-state index in [-0.39, 0.29) is 24.9 Å². The molecule has 2 N–H and O–H groups in total. The second kappa shape index (κ2) is 13.6. The van der Waals surface area contributed by atoms with Crippen molar-refractivity contribution in [3.63, 3.8) is 0 Å². The van der Waals surface area contributed by atoms with Crippen molar-refractivity contribution in [1.82, 2.24) is 10.2 Å². The Morgan fingerprint density at radius 3 is 2.13 bits per heavy atom. The van der Waals surface area contributed by atoms with Crippen LogP contribution in [0.4, 0.5) is 4.79 Å². The van der Waals surface area contributed by atoms with E-state index in [1.807, 2.05) is 54.6 Å². The lowest BCUT2D eigenvalue weighted by Crippen LogP contribution is -2.41. The Hall–Kier alpha value is -4.13. The quantitative estimate of drug-likeness (QED) is 0.280. The Morgan fingerprint density at radius 2 is 1.49 bits per heavy atom. The fourth-order valence-electron chi connectivity index (χ4n) is 5.14. The molecule has 0 aliphatic heterocycles. The van der Waals surface area contributed by atoms with Crippen LogP contribution in [0.2, 0.25) is 0 Å². The van der Waals surface area contributed by atoms with Crippen LogP contribution in [0.5, 0.6) is 0 Å². The number of nitrogens with one attached hydrogen (secondary N) is 1. The number of amides is 2. The normalized spacial score (nSPS) is 12.7. The first-order valence-electron chi connectivity index (χ1n) is 13.6. The van der Waals surface area contributed by atoms with Gasteiger partial charge in [0.2, 0.25) is 5.91 Å². The van der Waals surface area contributed by atoms with Gasteiger partial charge in [-0.15, -0.1) is 0 Å². The molecule has 0 heterocycles. The third kappa shape index (κ3) is 7.47. The molecule has 0 fully saturated rings. The van der Waals surface area contributed by atoms with Crippen LogP contribution >= 0.6 is 0 Å². The van der Waals surface area contributed by atoms with Crippen molar-refractivity contribution in [1.29, 1.82) is 0 Å². The molecule has 7 heteroatoms. The topological polar surface area (TPSA) is 95.9 Å². The number of carbonyl (C=O) groups excluding carboxylic acids is 2. The summed E-state index contributed by atoms with van der Waals surface area (Å²) in [6.07, 6.45) is 2.86. The number of unbranched alkanes of at least 4 members (excludes halogenated alkanes) is 1. The van der Waals surface area contributed by atoms with E-state index >= 15 is 0 Å². The Balaban J connectivity index is 1.18. The number of alkyl carbamates (subject to hydrolysis) is 1. The van der Waals surface area contributed by atoms with Gasteiger partial charge in [-0.1, -0.05) is 78.9 Å². The molecule has 0 aromatic heterocycles. The molecule has 0 unspecified atom stereocenters. The smallest absolute Gasteiger partial charge is 0.407 e. The monoisotopic (exact) mass is 528 g/mol. The van der Waals surface area contributed by atoms with E-state index in [0.29, 0.717) is 25.8 Å². The van der Waals surface area contributed by atoms with Gasteiger partial charge >= 0.3 is 12.1 Å². The van der Waals surface area contributed by atoms with E-state index in [1.54, 1.807) is 11.9 Å². The van der Waals surface area contributed by atoms with Crippen LogP contribution in [0, 0.1) is 0 Å². The van der Waals surface area contributed by atoms with Gasteiger partial charge in [0.05, 0.1) is 0 Å². The van der Waals surface area contributed by atoms with Gasteiger partial charge in [-0.25, -0.2) is 9.59 Å². The van der Waals surface area contributed by atoms with Crippen LogP contribution in [0.15, 0.2) is 78.9 Å². The average Bonchev–Trinajstić information content (AvgIpc) is 3.27. The minimum atomic E-state index is -1.10. The van der Waals surface area contributed by atoms with Gasteiger partial charge in [-0.2, -0.15) is 0 Å². The number of carboxylic acid groups (broad SMARTS) is 1. The van der Waals surface area contributed by atoms with Crippen LogP contribution in [0.25, 0.3) is 11.1 Å². The molecule has 3 aromatic rings. The number of ether oxygens (including phenoxy) is 1. The number of carbonyl (C=O) groups is 3. The Morgan fingerprint density at radius 1 is 0.872 bits per heavy atom. The summed E-state index contributed by atoms with van der Waals surface area (Å²) in [5.74, 6) is -1.11. The van der Waals surface area contributed by atoms with Gasteiger partial charge in [0.15, 0.2) is 0 Å². The molecule has 0 saturated heterocycles. The van der Waals surface area contributed by atoms with Gasteiger partial charge in [-0.3, -0.25) is 4.79 Å². The fourth-order valence-corrected chi connectivity index (χ4v) is 5.14. The number of nitrogens with zero attached hydrogens (tertiary/aromatic N) is 1. The second-order valence-corrected chi connectivity index (χ2v) is 10.0. The zero-order chi connectivity index (χ0) is 27.6. The second-order valence-electron chi connectivity index (χ2n) is 10.0. The molecule has 7 nitrogen and oxygen atoms in total. The Kier molecular flexibility index (Phi) is 9.73. The highest BCUT2D eigenvalue weighted by molar-refractivity contribution is 5.81. The van der Waals surface area contributed by atoms with Crippen molar-refractivity contribution in [2.75, 3.05) is 20.2 Å². The van der Waals surface area contributed by atoms with Crippen molar-refractivity contribution in [3.8, 4) is 11.1 Å². The number of hydrogen-bond acceptors (Lipinski definition) is 4. The molecule has 0 spiro atoms. The standard InChI is InChI=1S/C32H36N2O5/c1-34(30(35)20-11-14-23-12-3-2-4-13-23)21-10-9-19-29(31(36)37)33-32(38)39-22-28-26-17-7-5-15-24(26)25-16-6-8-18-27(25)28/h2-8,12-13,15-18,28-29H,9-11,14,19-22H2,1H3,(H,33,38)(H,36,37)/t29-/m0/s1. The molecule has 0 bridgehead atoms. The molecule has 0 radical (unpaired) electrons. The van der Waals surface area contributed by atoms with Crippen LogP contribution in [0.3, 0.4) is 0 Å². The van der Waals surface area contributed by atoms with Crippen LogP contribution in [-0.2, 0) is 20.7 Å². The molecule has 2 amide bonds. The lowest BCUT2D eigenvalue weighted by molar-refractivity contribution is -0.139. The van der Waals surface area contributed by atoms with E-state index in [0.717, 1.165) is 35.1 Å². The summed E-state index contributed by atoms with van der Waals surface area (Å²) in [5.41, 5.74) is 5.67. The number of rotatable bonds is 13. The zero-order valence-electron chi connectivity index (χ0n) is 22.3. The molecule has 3 aromatic carbocycles. The maximum absolute atomic E-state index is 12.5. The van der Waals surface area contributed by atoms with E-state index in [4.69, 9.17) is 4.74 Å². The molecule has 39 heavy (non-hydrogen) atoms. The van der Waals surface area contributed by atoms with Gasteiger partial charge in [-0.05, 0) is 59.9 Å². The van der Waals surface area contributed by atoms with Crippen molar-refractivity contribution in [2.45, 2.75) is 50.5 Å². The zero-order valence-corrected chi connectivity index (χ0v) is 22.3.